The molecular weight excluding hydrogens is 449 g/mol. The van der Waals surface area contributed by atoms with E-state index in [0.717, 1.165) is 25.2 Å². The normalized spacial score (nSPS) is 14.2. The van der Waals surface area contributed by atoms with Gasteiger partial charge in [-0.1, -0.05) is 31.2 Å². The summed E-state index contributed by atoms with van der Waals surface area (Å²) in [5.74, 6) is -2.42. The Balaban J connectivity index is 1.72. The number of nitrogens with zero attached hydrogens (tertiary/aromatic N) is 3. The summed E-state index contributed by atoms with van der Waals surface area (Å²) < 4.78 is 38.0. The van der Waals surface area contributed by atoms with E-state index >= 15 is 0 Å². The lowest BCUT2D eigenvalue weighted by atomic mass is 10.1. The number of hydrogen-bond donors (Lipinski definition) is 1. The van der Waals surface area contributed by atoms with Crippen LogP contribution in [0.3, 0.4) is 0 Å². The lowest BCUT2D eigenvalue weighted by Gasteiger charge is -2.37. The summed E-state index contributed by atoms with van der Waals surface area (Å²) in [5.41, 5.74) is 1.51. The Bertz CT molecular complexity index is 992. The Labute approximate surface area is 196 Å². The van der Waals surface area contributed by atoms with Gasteiger partial charge in [0.15, 0.2) is 5.78 Å². The minimum atomic E-state index is -3.19. The summed E-state index contributed by atoms with van der Waals surface area (Å²) in [7, 11) is 0. The van der Waals surface area contributed by atoms with Crippen molar-refractivity contribution in [3.63, 3.8) is 0 Å². The fourth-order valence-corrected chi connectivity index (χ4v) is 3.64. The van der Waals surface area contributed by atoms with Crippen LogP contribution in [0.2, 0.25) is 0 Å². The molecule has 3 amide bonds. The Kier molecular flexibility index (Phi) is 8.64. The van der Waals surface area contributed by atoms with Gasteiger partial charge in [0, 0.05) is 37.4 Å². The average Bonchev–Trinajstić information content (AvgIpc) is 2.86. The Morgan fingerprint density at radius 2 is 1.59 bits per heavy atom. The average molecular weight is 476 g/mol. The molecule has 182 valence electrons. The third kappa shape index (κ3) is 6.57. The number of carbonyl (C=O) groups is 3. The van der Waals surface area contributed by atoms with Crippen molar-refractivity contribution < 1.29 is 27.6 Å². The smallest absolute Gasteiger partial charge is 0.324 e. The molecule has 7 nitrogen and oxygen atoms in total. The maximum Gasteiger partial charge on any atom is 0.324 e. The van der Waals surface area contributed by atoms with E-state index in [9.17, 15) is 27.6 Å². The zero-order valence-electron chi connectivity index (χ0n) is 18.8. The molecule has 0 bridgehead atoms. The number of Topliss-reactive ketones (excluding diaryl/α,β-unsaturated/α-hetero) is 1. The summed E-state index contributed by atoms with van der Waals surface area (Å²) in [4.78, 5) is 42.0. The zero-order valence-corrected chi connectivity index (χ0v) is 18.8. The van der Waals surface area contributed by atoms with Crippen LogP contribution in [0.5, 0.6) is 0 Å². The maximum atomic E-state index is 13.5. The van der Waals surface area contributed by atoms with Crippen molar-refractivity contribution >= 4 is 23.4 Å². The number of piperazine rings is 1. The first-order valence-electron chi connectivity index (χ1n) is 11.0. The molecule has 0 unspecified atom stereocenters. The van der Waals surface area contributed by atoms with Gasteiger partial charge < -0.3 is 15.1 Å². The van der Waals surface area contributed by atoms with Crippen LogP contribution < -0.4 is 10.2 Å². The lowest BCUT2D eigenvalue weighted by molar-refractivity contribution is -0.131. The molecule has 2 aromatic rings. The van der Waals surface area contributed by atoms with Crippen molar-refractivity contribution in [3.8, 4) is 0 Å². The number of anilines is 1. The van der Waals surface area contributed by atoms with Gasteiger partial charge in [0.2, 0.25) is 0 Å². The minimum Gasteiger partial charge on any atom is -0.344 e. The quantitative estimate of drug-likeness (QED) is 0.595. The second-order valence-corrected chi connectivity index (χ2v) is 7.91. The number of amides is 3. The largest absolute Gasteiger partial charge is 0.344 e. The second-order valence-electron chi connectivity index (χ2n) is 7.91. The number of nitrogens with one attached hydrogen (secondary N) is 1. The molecule has 0 spiro atoms. The number of hydrogen-bond acceptors (Lipinski definition) is 4. The standard InChI is InChI=1S/C24H27F3N4O3/c1-2-29-11-13-30(14-12-29)24(34)31(20-9-7-19(25)8-10-20)16-17-3-5-18(6-4-17)21(32)15-28-23(33)22(26)27/h3-10,22H,2,11-16H2,1H3,(H,28,33). The second kappa shape index (κ2) is 11.6. The SMILES string of the molecule is CCN1CCN(C(=O)N(Cc2ccc(C(=O)CNC(=O)C(F)F)cc2)c2ccc(F)cc2)CC1. The van der Waals surface area contributed by atoms with Gasteiger partial charge in [-0.2, -0.15) is 8.78 Å². The number of halogens is 3. The molecule has 1 aliphatic rings. The van der Waals surface area contributed by atoms with Gasteiger partial charge in [0.05, 0.1) is 13.1 Å². The fourth-order valence-electron chi connectivity index (χ4n) is 3.64. The number of carbonyl (C=O) groups excluding carboxylic acids is 3. The van der Waals surface area contributed by atoms with E-state index in [4.69, 9.17) is 0 Å². The molecule has 0 atom stereocenters. The van der Waals surface area contributed by atoms with Crippen LogP contribution in [-0.4, -0.2) is 73.2 Å². The first-order chi connectivity index (χ1) is 16.3. The Morgan fingerprint density at radius 3 is 2.15 bits per heavy atom. The highest BCUT2D eigenvalue weighted by Crippen LogP contribution is 2.21. The molecule has 0 saturated carbocycles. The molecule has 3 rings (SSSR count). The molecule has 2 aromatic carbocycles. The summed E-state index contributed by atoms with van der Waals surface area (Å²) in [6, 6.07) is 11.8. The van der Waals surface area contributed by atoms with Crippen LogP contribution in [0.1, 0.15) is 22.8 Å². The minimum absolute atomic E-state index is 0.190. The van der Waals surface area contributed by atoms with Gasteiger partial charge in [-0.3, -0.25) is 14.5 Å². The Hall–Kier alpha value is -3.40. The molecule has 1 aliphatic heterocycles. The molecule has 1 fully saturated rings. The third-order valence-electron chi connectivity index (χ3n) is 5.70. The highest BCUT2D eigenvalue weighted by atomic mass is 19.3. The van der Waals surface area contributed by atoms with Gasteiger partial charge in [-0.25, -0.2) is 9.18 Å². The summed E-state index contributed by atoms with van der Waals surface area (Å²) in [6.45, 7) is 5.37. The van der Waals surface area contributed by atoms with Crippen LogP contribution >= 0.6 is 0 Å². The summed E-state index contributed by atoms with van der Waals surface area (Å²) in [5, 5.41) is 1.88. The van der Waals surface area contributed by atoms with Crippen LogP contribution in [0, 0.1) is 5.82 Å². The highest BCUT2D eigenvalue weighted by Gasteiger charge is 2.26. The number of likely N-dealkylation sites (N-methyl/N-ethyl adjacent to an activating group) is 1. The van der Waals surface area contributed by atoms with Crippen molar-refractivity contribution in [2.75, 3.05) is 44.2 Å². The fraction of sp³-hybridized carbons (Fsp3) is 0.375. The monoisotopic (exact) mass is 476 g/mol. The van der Waals surface area contributed by atoms with E-state index < -0.39 is 30.5 Å². The van der Waals surface area contributed by atoms with E-state index in [-0.39, 0.29) is 18.1 Å². The molecule has 1 saturated heterocycles. The van der Waals surface area contributed by atoms with E-state index in [0.29, 0.717) is 18.8 Å². The summed E-state index contributed by atoms with van der Waals surface area (Å²) >= 11 is 0. The van der Waals surface area contributed by atoms with Crippen molar-refractivity contribution in [3.05, 3.63) is 65.5 Å². The molecule has 1 N–H and O–H groups in total. The maximum absolute atomic E-state index is 13.5. The topological polar surface area (TPSA) is 73.0 Å². The van der Waals surface area contributed by atoms with Crippen molar-refractivity contribution in [2.45, 2.75) is 19.9 Å². The van der Waals surface area contributed by atoms with E-state index in [1.54, 1.807) is 34.1 Å². The van der Waals surface area contributed by atoms with E-state index in [1.165, 1.54) is 24.3 Å². The third-order valence-corrected chi connectivity index (χ3v) is 5.70. The Morgan fingerprint density at radius 1 is 0.971 bits per heavy atom. The lowest BCUT2D eigenvalue weighted by Crippen LogP contribution is -2.52. The molecule has 10 heteroatoms. The highest BCUT2D eigenvalue weighted by molar-refractivity contribution is 5.99. The van der Waals surface area contributed by atoms with Gasteiger partial charge in [-0.15, -0.1) is 0 Å². The number of benzene rings is 2. The predicted octanol–water partition coefficient (Wildman–Crippen LogP) is 3.15. The molecule has 0 radical (unpaired) electrons. The number of alkyl halides is 2. The van der Waals surface area contributed by atoms with Crippen molar-refractivity contribution in [2.24, 2.45) is 0 Å². The molecular formula is C24H27F3N4O3. The van der Waals surface area contributed by atoms with Gasteiger partial charge in [0.1, 0.15) is 5.82 Å². The molecule has 0 aliphatic carbocycles. The van der Waals surface area contributed by atoms with Crippen molar-refractivity contribution in [1.29, 1.82) is 0 Å². The van der Waals surface area contributed by atoms with Crippen LogP contribution in [0.25, 0.3) is 0 Å². The summed E-state index contributed by atoms with van der Waals surface area (Å²) in [6.07, 6.45) is -3.19. The van der Waals surface area contributed by atoms with Gasteiger partial charge in [0.25, 0.3) is 5.91 Å². The molecule has 0 aromatic heterocycles. The van der Waals surface area contributed by atoms with E-state index in [2.05, 4.69) is 11.8 Å². The van der Waals surface area contributed by atoms with Crippen LogP contribution in [0.15, 0.2) is 48.5 Å². The first kappa shape index (κ1) is 25.2. The van der Waals surface area contributed by atoms with Crippen molar-refractivity contribution in [1.82, 2.24) is 15.1 Å². The zero-order chi connectivity index (χ0) is 24.7. The number of urea groups is 1. The van der Waals surface area contributed by atoms with Gasteiger partial charge in [-0.05, 0) is 36.4 Å². The number of ketones is 1. The molecule has 34 heavy (non-hydrogen) atoms. The van der Waals surface area contributed by atoms with Crippen LogP contribution in [0.4, 0.5) is 23.7 Å². The predicted molar refractivity (Wildman–Crippen MR) is 121 cm³/mol. The number of rotatable bonds is 8. The van der Waals surface area contributed by atoms with E-state index in [1.807, 2.05) is 5.32 Å². The van der Waals surface area contributed by atoms with Gasteiger partial charge >= 0.3 is 12.5 Å². The van der Waals surface area contributed by atoms with Crippen LogP contribution in [-0.2, 0) is 11.3 Å². The molecule has 1 heterocycles. The first-order valence-corrected chi connectivity index (χ1v) is 11.0.